The molecule has 0 bridgehead atoms. The summed E-state index contributed by atoms with van der Waals surface area (Å²) in [6.45, 7) is 1.87. The predicted octanol–water partition coefficient (Wildman–Crippen LogP) is 5.49. The molecule has 2 amide bonds. The summed E-state index contributed by atoms with van der Waals surface area (Å²) in [6, 6.07) is 35.2. The molecule has 1 aromatic heterocycles. The number of aromatic carboxylic acids is 1. The molecule has 2 heterocycles. The highest BCUT2D eigenvalue weighted by Crippen LogP contribution is 2.30. The Kier molecular flexibility index (Phi) is 9.43. The Balaban J connectivity index is 1.02. The number of pyridine rings is 1. The van der Waals surface area contributed by atoms with Crippen molar-refractivity contribution >= 4 is 34.4 Å². The molecule has 0 aliphatic carbocycles. The number of piperazine rings is 1. The minimum absolute atomic E-state index is 0.0581. The summed E-state index contributed by atoms with van der Waals surface area (Å²) in [5.41, 5.74) is 4.76. The number of anilines is 1. The normalized spacial score (nSPS) is 13.5. The van der Waals surface area contributed by atoms with Crippen LogP contribution in [0.1, 0.15) is 27.5 Å². The topological polar surface area (TPSA) is 112 Å². The summed E-state index contributed by atoms with van der Waals surface area (Å²) in [4.78, 5) is 46.2. The number of hydrogen-bond donors (Lipinski definition) is 2. The monoisotopic (exact) mass is 614 g/mol. The lowest BCUT2D eigenvalue weighted by Crippen LogP contribution is -2.50. The van der Waals surface area contributed by atoms with E-state index in [0.717, 1.165) is 16.5 Å². The first-order chi connectivity index (χ1) is 22.5. The molecule has 5 aromatic rings. The quantitative estimate of drug-likeness (QED) is 0.214. The summed E-state index contributed by atoms with van der Waals surface area (Å²) in [7, 11) is 0. The van der Waals surface area contributed by atoms with Crippen LogP contribution in [0.2, 0.25) is 0 Å². The van der Waals surface area contributed by atoms with Crippen LogP contribution in [-0.4, -0.2) is 77.1 Å². The van der Waals surface area contributed by atoms with Crippen molar-refractivity contribution in [1.82, 2.24) is 14.8 Å². The highest BCUT2D eigenvalue weighted by atomic mass is 16.5. The average molecular weight is 615 g/mol. The molecule has 1 aliphatic heterocycles. The molecule has 9 heteroatoms. The second-order valence-corrected chi connectivity index (χ2v) is 11.2. The van der Waals surface area contributed by atoms with E-state index < -0.39 is 11.9 Å². The molecule has 0 radical (unpaired) electrons. The zero-order valence-corrected chi connectivity index (χ0v) is 25.2. The van der Waals surface area contributed by atoms with Gasteiger partial charge in [0.1, 0.15) is 13.2 Å². The van der Waals surface area contributed by atoms with Crippen molar-refractivity contribution in [3.05, 3.63) is 132 Å². The zero-order valence-electron chi connectivity index (χ0n) is 25.2. The molecule has 9 nitrogen and oxygen atoms in total. The van der Waals surface area contributed by atoms with Crippen molar-refractivity contribution in [2.75, 3.05) is 44.7 Å². The number of ether oxygens (including phenoxy) is 1. The van der Waals surface area contributed by atoms with Gasteiger partial charge in [0.05, 0.1) is 22.8 Å². The lowest BCUT2D eigenvalue weighted by Gasteiger charge is -2.39. The van der Waals surface area contributed by atoms with Gasteiger partial charge in [-0.1, -0.05) is 84.9 Å². The van der Waals surface area contributed by atoms with Gasteiger partial charge in [0.2, 0.25) is 11.8 Å². The maximum Gasteiger partial charge on any atom is 0.337 e. The molecule has 1 aliphatic rings. The second kappa shape index (κ2) is 14.2. The standard InChI is InChI=1S/C37H34N4O5/c42-34(39-33-16-15-28(22-31(33)37(44)45)30-21-29-13-7-8-14-32(29)38-23-30)24-46-25-35(43)40-17-19-41(20-18-40)36(26-9-3-1-4-10-26)27-11-5-2-6-12-27/h1-16,21-23,36H,17-20,24-25H2,(H,39,42)(H,44,45). The number of nitrogens with zero attached hydrogens (tertiary/aromatic N) is 3. The number of para-hydroxylation sites is 1. The Hall–Kier alpha value is -5.38. The summed E-state index contributed by atoms with van der Waals surface area (Å²) >= 11 is 0. The number of benzene rings is 4. The van der Waals surface area contributed by atoms with E-state index >= 15 is 0 Å². The third kappa shape index (κ3) is 7.12. The molecule has 0 saturated carbocycles. The summed E-state index contributed by atoms with van der Waals surface area (Å²) in [5.74, 6) is -1.92. The molecule has 0 unspecified atom stereocenters. The van der Waals surface area contributed by atoms with Gasteiger partial charge < -0.3 is 20.1 Å². The molecule has 0 spiro atoms. The van der Waals surface area contributed by atoms with Gasteiger partial charge >= 0.3 is 5.97 Å². The van der Waals surface area contributed by atoms with Gasteiger partial charge in [0.15, 0.2) is 0 Å². The molecule has 46 heavy (non-hydrogen) atoms. The highest BCUT2D eigenvalue weighted by Gasteiger charge is 2.28. The van der Waals surface area contributed by atoms with Crippen LogP contribution in [0.4, 0.5) is 5.69 Å². The van der Waals surface area contributed by atoms with Gasteiger partial charge in [-0.05, 0) is 41.0 Å². The zero-order chi connectivity index (χ0) is 31.9. The van der Waals surface area contributed by atoms with Crippen molar-refractivity contribution in [1.29, 1.82) is 0 Å². The highest BCUT2D eigenvalue weighted by molar-refractivity contribution is 6.02. The molecule has 1 fully saturated rings. The fourth-order valence-electron chi connectivity index (χ4n) is 5.86. The number of aromatic nitrogens is 1. The van der Waals surface area contributed by atoms with E-state index in [2.05, 4.69) is 39.5 Å². The lowest BCUT2D eigenvalue weighted by atomic mass is 9.96. The number of amides is 2. The molecule has 6 rings (SSSR count). The van der Waals surface area contributed by atoms with Crippen LogP contribution < -0.4 is 5.32 Å². The van der Waals surface area contributed by atoms with Gasteiger partial charge in [-0.2, -0.15) is 0 Å². The number of carboxylic acids is 1. The van der Waals surface area contributed by atoms with Crippen LogP contribution in [0.3, 0.4) is 0 Å². The number of carbonyl (C=O) groups is 3. The van der Waals surface area contributed by atoms with Crippen molar-refractivity contribution in [2.24, 2.45) is 0 Å². The Morgan fingerprint density at radius 1 is 0.761 bits per heavy atom. The maximum atomic E-state index is 12.9. The average Bonchev–Trinajstić information content (AvgIpc) is 3.09. The van der Waals surface area contributed by atoms with E-state index in [1.165, 1.54) is 17.2 Å². The molecule has 4 aromatic carbocycles. The van der Waals surface area contributed by atoms with Crippen LogP contribution in [0.25, 0.3) is 22.0 Å². The van der Waals surface area contributed by atoms with Crippen LogP contribution in [0, 0.1) is 0 Å². The van der Waals surface area contributed by atoms with Crippen molar-refractivity contribution in [3.63, 3.8) is 0 Å². The fraction of sp³-hybridized carbons (Fsp3) is 0.189. The van der Waals surface area contributed by atoms with Crippen molar-refractivity contribution < 1.29 is 24.2 Å². The van der Waals surface area contributed by atoms with E-state index in [1.807, 2.05) is 66.7 Å². The Bertz CT molecular complexity index is 1800. The summed E-state index contributed by atoms with van der Waals surface area (Å²) in [5, 5.41) is 13.4. The van der Waals surface area contributed by atoms with Gasteiger partial charge in [-0.3, -0.25) is 19.5 Å². The van der Waals surface area contributed by atoms with Crippen molar-refractivity contribution in [2.45, 2.75) is 6.04 Å². The Morgan fingerprint density at radius 3 is 2.09 bits per heavy atom. The maximum absolute atomic E-state index is 12.9. The first-order valence-corrected chi connectivity index (χ1v) is 15.2. The largest absolute Gasteiger partial charge is 0.478 e. The van der Waals surface area contributed by atoms with Gasteiger partial charge in [0.25, 0.3) is 0 Å². The van der Waals surface area contributed by atoms with Crippen LogP contribution in [-0.2, 0) is 14.3 Å². The first kappa shape index (κ1) is 30.6. The van der Waals surface area contributed by atoms with E-state index in [0.29, 0.717) is 31.7 Å². The molecule has 232 valence electrons. The first-order valence-electron chi connectivity index (χ1n) is 15.2. The smallest absolute Gasteiger partial charge is 0.337 e. The van der Waals surface area contributed by atoms with Crippen LogP contribution >= 0.6 is 0 Å². The molecule has 1 saturated heterocycles. The minimum Gasteiger partial charge on any atom is -0.478 e. The molecular formula is C37H34N4O5. The van der Waals surface area contributed by atoms with Gasteiger partial charge in [0, 0.05) is 43.3 Å². The Morgan fingerprint density at radius 2 is 1.41 bits per heavy atom. The number of rotatable bonds is 10. The van der Waals surface area contributed by atoms with Gasteiger partial charge in [-0.25, -0.2) is 4.79 Å². The van der Waals surface area contributed by atoms with Crippen LogP contribution in [0.15, 0.2) is 115 Å². The van der Waals surface area contributed by atoms with E-state index in [-0.39, 0.29) is 36.4 Å². The second-order valence-electron chi connectivity index (χ2n) is 11.2. The summed E-state index contributed by atoms with van der Waals surface area (Å²) < 4.78 is 5.46. The summed E-state index contributed by atoms with van der Waals surface area (Å²) in [6.07, 6.45) is 1.69. The fourth-order valence-corrected chi connectivity index (χ4v) is 5.86. The predicted molar refractivity (Wildman–Crippen MR) is 176 cm³/mol. The van der Waals surface area contributed by atoms with Crippen LogP contribution in [0.5, 0.6) is 0 Å². The minimum atomic E-state index is -1.18. The third-order valence-electron chi connectivity index (χ3n) is 8.17. The van der Waals surface area contributed by atoms with E-state index in [4.69, 9.17) is 4.74 Å². The number of carbonyl (C=O) groups excluding carboxylic acids is 2. The lowest BCUT2D eigenvalue weighted by molar-refractivity contribution is -0.139. The SMILES string of the molecule is O=C(COCC(=O)N1CCN(C(c2ccccc2)c2ccccc2)CC1)Nc1ccc(-c2cnc3ccccc3c2)cc1C(=O)O. The van der Waals surface area contributed by atoms with E-state index in [1.54, 1.807) is 23.2 Å². The Labute approximate surface area is 267 Å². The molecule has 0 atom stereocenters. The van der Waals surface area contributed by atoms with Crippen molar-refractivity contribution in [3.8, 4) is 11.1 Å². The van der Waals surface area contributed by atoms with Gasteiger partial charge in [-0.15, -0.1) is 0 Å². The number of nitrogens with one attached hydrogen (secondary N) is 1. The van der Waals surface area contributed by atoms with E-state index in [9.17, 15) is 19.5 Å². The number of hydrogen-bond acceptors (Lipinski definition) is 6. The number of fused-ring (bicyclic) bond motifs is 1. The molecular weight excluding hydrogens is 580 g/mol. The number of carboxylic acid groups (broad SMARTS) is 1. The third-order valence-corrected chi connectivity index (χ3v) is 8.17. The molecule has 2 N–H and O–H groups in total.